The predicted molar refractivity (Wildman–Crippen MR) is 75.2 cm³/mol. The highest BCUT2D eigenvalue weighted by Crippen LogP contribution is 2.31. The van der Waals surface area contributed by atoms with E-state index < -0.39 is 0 Å². The number of nitrogens with zero attached hydrogens (tertiary/aromatic N) is 5. The molecule has 116 valence electrons. The third-order valence-corrected chi connectivity index (χ3v) is 3.65. The molecule has 1 fully saturated rings. The van der Waals surface area contributed by atoms with Crippen LogP contribution in [0.3, 0.4) is 0 Å². The minimum Gasteiger partial charge on any atom is -0.467 e. The topological polar surface area (TPSA) is 94.2 Å². The number of carbonyl (C=O) groups is 1. The van der Waals surface area contributed by atoms with Gasteiger partial charge in [0.15, 0.2) is 5.82 Å². The van der Waals surface area contributed by atoms with Crippen molar-refractivity contribution in [1.29, 1.82) is 0 Å². The Morgan fingerprint density at radius 2 is 2.14 bits per heavy atom. The molecule has 0 radical (unpaired) electrons. The fraction of sp³-hybridized carbons (Fsp3) is 0.500. The molecule has 0 unspecified atom stereocenters. The molecule has 0 aromatic carbocycles. The number of hydrogen-bond donors (Lipinski definition) is 0. The first-order valence-electron chi connectivity index (χ1n) is 7.16. The Morgan fingerprint density at radius 1 is 1.36 bits per heavy atom. The summed E-state index contributed by atoms with van der Waals surface area (Å²) in [6.45, 7) is 2.41. The van der Waals surface area contributed by atoms with Crippen molar-refractivity contribution in [1.82, 2.24) is 25.0 Å². The van der Waals surface area contributed by atoms with E-state index in [0.717, 1.165) is 19.3 Å². The zero-order valence-electron chi connectivity index (χ0n) is 12.5. The van der Waals surface area contributed by atoms with Crippen molar-refractivity contribution in [2.45, 2.75) is 32.2 Å². The molecular formula is C14H17N5O3. The van der Waals surface area contributed by atoms with Gasteiger partial charge in [0, 0.05) is 18.9 Å². The summed E-state index contributed by atoms with van der Waals surface area (Å²) >= 11 is 0. The zero-order chi connectivity index (χ0) is 15.5. The summed E-state index contributed by atoms with van der Waals surface area (Å²) in [5, 5.41) is 3.82. The monoisotopic (exact) mass is 303 g/mol. The van der Waals surface area contributed by atoms with Crippen LogP contribution in [-0.2, 0) is 0 Å². The summed E-state index contributed by atoms with van der Waals surface area (Å²) in [6.07, 6.45) is 5.73. The summed E-state index contributed by atoms with van der Waals surface area (Å²) in [5.74, 6) is 0.920. The first-order valence-corrected chi connectivity index (χ1v) is 7.16. The SMILES string of the molecule is COc1ncc(C(=O)N2CCCC[C@@H]2c2nc(C)no2)cn1. The fourth-order valence-electron chi connectivity index (χ4n) is 2.58. The van der Waals surface area contributed by atoms with Crippen LogP contribution in [0.1, 0.15) is 47.4 Å². The van der Waals surface area contributed by atoms with Crippen molar-refractivity contribution in [3.63, 3.8) is 0 Å². The molecule has 0 aliphatic carbocycles. The van der Waals surface area contributed by atoms with Crippen LogP contribution in [0.25, 0.3) is 0 Å². The Kier molecular flexibility index (Phi) is 3.99. The van der Waals surface area contributed by atoms with Crippen molar-refractivity contribution in [2.75, 3.05) is 13.7 Å². The minimum atomic E-state index is -0.190. The highest BCUT2D eigenvalue weighted by molar-refractivity contribution is 5.93. The highest BCUT2D eigenvalue weighted by Gasteiger charge is 2.32. The lowest BCUT2D eigenvalue weighted by molar-refractivity contribution is 0.0560. The van der Waals surface area contributed by atoms with E-state index in [0.29, 0.717) is 23.8 Å². The number of piperidine rings is 1. The Labute approximate surface area is 127 Å². The number of hydrogen-bond acceptors (Lipinski definition) is 7. The summed E-state index contributed by atoms with van der Waals surface area (Å²) in [7, 11) is 1.48. The lowest BCUT2D eigenvalue weighted by Gasteiger charge is -2.33. The maximum atomic E-state index is 12.7. The van der Waals surface area contributed by atoms with E-state index in [9.17, 15) is 4.79 Å². The van der Waals surface area contributed by atoms with Crippen molar-refractivity contribution < 1.29 is 14.1 Å². The quantitative estimate of drug-likeness (QED) is 0.848. The van der Waals surface area contributed by atoms with Crippen molar-refractivity contribution in [2.24, 2.45) is 0 Å². The predicted octanol–water partition coefficient (Wildman–Crippen LogP) is 1.54. The van der Waals surface area contributed by atoms with Crippen molar-refractivity contribution in [3.8, 4) is 6.01 Å². The zero-order valence-corrected chi connectivity index (χ0v) is 12.5. The van der Waals surface area contributed by atoms with E-state index in [2.05, 4.69) is 20.1 Å². The van der Waals surface area contributed by atoms with Gasteiger partial charge < -0.3 is 14.2 Å². The molecule has 0 bridgehead atoms. The van der Waals surface area contributed by atoms with Gasteiger partial charge in [-0.05, 0) is 26.2 Å². The van der Waals surface area contributed by atoms with Crippen LogP contribution < -0.4 is 4.74 Å². The standard InChI is InChI=1S/C14H17N5O3/c1-9-17-12(22-18-9)11-5-3-4-6-19(11)13(20)10-7-15-14(21-2)16-8-10/h7-8,11H,3-6H2,1-2H3/t11-/m1/s1. The second-order valence-electron chi connectivity index (χ2n) is 5.15. The Morgan fingerprint density at radius 3 is 2.77 bits per heavy atom. The highest BCUT2D eigenvalue weighted by atomic mass is 16.5. The van der Waals surface area contributed by atoms with Crippen molar-refractivity contribution in [3.05, 3.63) is 29.7 Å². The van der Waals surface area contributed by atoms with E-state index >= 15 is 0 Å². The van der Waals surface area contributed by atoms with Gasteiger partial charge in [0.25, 0.3) is 5.91 Å². The average molecular weight is 303 g/mol. The molecule has 1 aliphatic rings. The first kappa shape index (κ1) is 14.4. The molecule has 3 heterocycles. The van der Waals surface area contributed by atoms with Crippen LogP contribution in [0, 0.1) is 6.92 Å². The normalized spacial score (nSPS) is 18.3. The minimum absolute atomic E-state index is 0.136. The molecule has 2 aromatic heterocycles. The third-order valence-electron chi connectivity index (χ3n) is 3.65. The number of ether oxygens (including phenoxy) is 1. The van der Waals surface area contributed by atoms with Crippen LogP contribution in [0.2, 0.25) is 0 Å². The third kappa shape index (κ3) is 2.76. The lowest BCUT2D eigenvalue weighted by atomic mass is 10.0. The maximum absolute atomic E-state index is 12.7. The lowest BCUT2D eigenvalue weighted by Crippen LogP contribution is -2.38. The van der Waals surface area contributed by atoms with E-state index in [1.165, 1.54) is 19.5 Å². The van der Waals surface area contributed by atoms with Crippen LogP contribution in [0.4, 0.5) is 0 Å². The van der Waals surface area contributed by atoms with Gasteiger partial charge >= 0.3 is 6.01 Å². The Hall–Kier alpha value is -2.51. The van der Waals surface area contributed by atoms with Gasteiger partial charge in [0.1, 0.15) is 6.04 Å². The smallest absolute Gasteiger partial charge is 0.316 e. The van der Waals surface area contributed by atoms with Crippen LogP contribution >= 0.6 is 0 Å². The van der Waals surface area contributed by atoms with Crippen LogP contribution in [0.15, 0.2) is 16.9 Å². The molecule has 8 heteroatoms. The number of likely N-dealkylation sites (tertiary alicyclic amines) is 1. The number of aromatic nitrogens is 4. The van der Waals surface area contributed by atoms with Gasteiger partial charge in [0.05, 0.1) is 12.7 Å². The van der Waals surface area contributed by atoms with Gasteiger partial charge in [0.2, 0.25) is 5.89 Å². The molecule has 0 saturated carbocycles. The Balaban J connectivity index is 1.84. The molecule has 22 heavy (non-hydrogen) atoms. The second-order valence-corrected chi connectivity index (χ2v) is 5.15. The number of carbonyl (C=O) groups excluding carboxylic acids is 1. The first-order chi connectivity index (χ1) is 10.7. The molecule has 1 amide bonds. The molecule has 2 aromatic rings. The summed E-state index contributed by atoms with van der Waals surface area (Å²) in [4.78, 5) is 26.7. The molecule has 0 spiro atoms. The molecule has 3 rings (SSSR count). The molecule has 1 aliphatic heterocycles. The summed E-state index contributed by atoms with van der Waals surface area (Å²) in [6, 6.07) is 0.0452. The molecular weight excluding hydrogens is 286 g/mol. The Bertz CT molecular complexity index is 655. The largest absolute Gasteiger partial charge is 0.467 e. The molecule has 8 nitrogen and oxygen atoms in total. The van der Waals surface area contributed by atoms with Gasteiger partial charge in [-0.1, -0.05) is 5.16 Å². The van der Waals surface area contributed by atoms with E-state index in [1.807, 2.05) is 0 Å². The molecule has 1 saturated heterocycles. The van der Waals surface area contributed by atoms with Gasteiger partial charge in [-0.3, -0.25) is 4.79 Å². The maximum Gasteiger partial charge on any atom is 0.316 e. The number of aryl methyl sites for hydroxylation is 1. The molecule has 0 N–H and O–H groups in total. The van der Waals surface area contributed by atoms with Gasteiger partial charge in [-0.15, -0.1) is 0 Å². The van der Waals surface area contributed by atoms with Crippen LogP contribution in [-0.4, -0.2) is 44.6 Å². The summed E-state index contributed by atoms with van der Waals surface area (Å²) < 4.78 is 10.2. The molecule has 1 atom stereocenters. The fourth-order valence-corrected chi connectivity index (χ4v) is 2.58. The van der Waals surface area contributed by atoms with E-state index in [-0.39, 0.29) is 18.0 Å². The second kappa shape index (κ2) is 6.08. The number of methoxy groups -OCH3 is 1. The van der Waals surface area contributed by atoms with Gasteiger partial charge in [-0.2, -0.15) is 4.98 Å². The number of rotatable bonds is 3. The van der Waals surface area contributed by atoms with E-state index in [1.54, 1.807) is 11.8 Å². The van der Waals surface area contributed by atoms with E-state index in [4.69, 9.17) is 9.26 Å². The number of amides is 1. The van der Waals surface area contributed by atoms with Gasteiger partial charge in [-0.25, -0.2) is 9.97 Å². The van der Waals surface area contributed by atoms with Crippen molar-refractivity contribution >= 4 is 5.91 Å². The average Bonchev–Trinajstić information content (AvgIpc) is 3.00. The summed E-state index contributed by atoms with van der Waals surface area (Å²) in [5.41, 5.74) is 0.420. The van der Waals surface area contributed by atoms with Crippen LogP contribution in [0.5, 0.6) is 6.01 Å².